The molecule has 0 spiro atoms. The molecule has 0 amide bonds. The molecule has 0 aliphatic rings. The Morgan fingerprint density at radius 1 is 1.12 bits per heavy atom. The summed E-state index contributed by atoms with van der Waals surface area (Å²) in [5, 5.41) is 1.41. The van der Waals surface area contributed by atoms with E-state index < -0.39 is 8.32 Å². The van der Waals surface area contributed by atoms with Crippen LogP contribution in [0.3, 0.4) is 0 Å². The number of aromatic nitrogens is 3. The van der Waals surface area contributed by atoms with E-state index in [4.69, 9.17) is 19.1 Å². The second-order valence-electron chi connectivity index (χ2n) is 11.3. The van der Waals surface area contributed by atoms with Crippen molar-refractivity contribution in [3.05, 3.63) is 41.2 Å². The predicted octanol–water partition coefficient (Wildman–Crippen LogP) is 7.59. The highest BCUT2D eigenvalue weighted by Gasteiger charge is 2.37. The smallest absolute Gasteiger partial charge is 0.222 e. The second-order valence-corrected chi connectivity index (χ2v) is 16.2. The van der Waals surface area contributed by atoms with Crippen LogP contribution in [0.1, 0.15) is 76.6 Å². The molecule has 3 aromatic rings. The quantitative estimate of drug-likeness (QED) is 0.311. The summed E-state index contributed by atoms with van der Waals surface area (Å²) in [7, 11) is 1.95. The molecule has 0 aliphatic carbocycles. The van der Waals surface area contributed by atoms with Gasteiger partial charge in [0.25, 0.3) is 0 Å². The molecule has 0 N–H and O–H groups in total. The molecule has 1 unspecified atom stereocenters. The van der Waals surface area contributed by atoms with E-state index in [1.165, 1.54) is 10.9 Å². The van der Waals surface area contributed by atoms with E-state index in [0.717, 1.165) is 41.2 Å². The van der Waals surface area contributed by atoms with Gasteiger partial charge in [0.1, 0.15) is 5.65 Å². The lowest BCUT2D eigenvalue weighted by Crippen LogP contribution is -2.41. The minimum atomic E-state index is -1.81. The van der Waals surface area contributed by atoms with E-state index in [1.807, 2.05) is 0 Å². The minimum Gasteiger partial charge on any atom is -0.480 e. The lowest BCUT2D eigenvalue weighted by atomic mass is 9.96. The van der Waals surface area contributed by atoms with Crippen molar-refractivity contribution in [3.63, 3.8) is 0 Å². The summed E-state index contributed by atoms with van der Waals surface area (Å²) in [6.07, 6.45) is 3.27. The third-order valence-electron chi connectivity index (χ3n) is 7.48. The summed E-state index contributed by atoms with van der Waals surface area (Å²) < 4.78 is 14.4. The minimum absolute atomic E-state index is 0.204. The zero-order chi connectivity index (χ0) is 25.4. The largest absolute Gasteiger partial charge is 0.480 e. The molecule has 0 saturated carbocycles. The summed E-state index contributed by atoms with van der Waals surface area (Å²) in [6, 6.07) is 6.45. The first kappa shape index (κ1) is 26.4. The Morgan fingerprint density at radius 3 is 2.35 bits per heavy atom. The molecule has 0 aliphatic heterocycles. The normalized spacial score (nSPS) is 13.6. The van der Waals surface area contributed by atoms with Crippen molar-refractivity contribution in [2.24, 2.45) is 7.05 Å². The average molecular weight is 482 g/mol. The van der Waals surface area contributed by atoms with Gasteiger partial charge in [-0.1, -0.05) is 41.5 Å². The van der Waals surface area contributed by atoms with Crippen LogP contribution in [-0.2, 0) is 11.5 Å². The summed E-state index contributed by atoms with van der Waals surface area (Å²) in [4.78, 5) is 9.87. The number of fused-ring (bicyclic) bond motifs is 1. The van der Waals surface area contributed by atoms with E-state index in [1.54, 1.807) is 7.11 Å². The van der Waals surface area contributed by atoms with Crippen molar-refractivity contribution < 1.29 is 9.16 Å². The third-order valence-corrected chi connectivity index (χ3v) is 12.0. The number of methoxy groups -OCH3 is 1. The van der Waals surface area contributed by atoms with Gasteiger partial charge >= 0.3 is 0 Å². The second kappa shape index (κ2) is 9.82. The van der Waals surface area contributed by atoms with Crippen LogP contribution in [0.5, 0.6) is 5.88 Å². The van der Waals surface area contributed by atoms with Crippen molar-refractivity contribution in [2.75, 3.05) is 13.7 Å². The highest BCUT2D eigenvalue weighted by Crippen LogP contribution is 2.39. The maximum absolute atomic E-state index is 6.63. The molecule has 0 saturated heterocycles. The molecule has 0 fully saturated rings. The molecule has 3 aromatic heterocycles. The van der Waals surface area contributed by atoms with Gasteiger partial charge < -0.3 is 13.7 Å². The molecule has 34 heavy (non-hydrogen) atoms. The van der Waals surface area contributed by atoms with Gasteiger partial charge in [-0.15, -0.1) is 0 Å². The first-order valence-electron chi connectivity index (χ1n) is 12.5. The zero-order valence-electron chi connectivity index (χ0n) is 23.0. The van der Waals surface area contributed by atoms with Crippen LogP contribution in [0, 0.1) is 6.92 Å². The standard InChI is InChI=1S/C28H43N3O2Si/c1-12-20(17-33-34(10,11)28(5,6)7)23-16-31(8)26-22(23)15-19(4)25(30-26)21-13-14-24(18(2)3)29-27(21)32-9/h13-16,18,20H,12,17H2,1-11H3. The fourth-order valence-corrected chi connectivity index (χ4v) is 5.14. The van der Waals surface area contributed by atoms with Gasteiger partial charge in [0, 0.05) is 36.8 Å². The van der Waals surface area contributed by atoms with Gasteiger partial charge in [0.15, 0.2) is 8.32 Å². The van der Waals surface area contributed by atoms with E-state index in [-0.39, 0.29) is 5.04 Å². The summed E-state index contributed by atoms with van der Waals surface area (Å²) in [6.45, 7) is 20.9. The molecular formula is C28H43N3O2Si. The number of ether oxygens (including phenoxy) is 1. The molecule has 1 atom stereocenters. The Bertz CT molecular complexity index is 1160. The van der Waals surface area contributed by atoms with Crippen LogP contribution in [0.2, 0.25) is 18.1 Å². The number of hydrogen-bond donors (Lipinski definition) is 0. The molecule has 0 bridgehead atoms. The summed E-state index contributed by atoms with van der Waals surface area (Å²) in [5.74, 6) is 1.31. The lowest BCUT2D eigenvalue weighted by Gasteiger charge is -2.37. The van der Waals surface area contributed by atoms with E-state index in [9.17, 15) is 0 Å². The monoisotopic (exact) mass is 481 g/mol. The SMILES string of the molecule is CCC(CO[Si](C)(C)C(C)(C)C)c1cn(C)c2nc(-c3ccc(C(C)C)nc3OC)c(C)cc12. The molecule has 0 aromatic carbocycles. The Balaban J connectivity index is 2.04. The maximum Gasteiger partial charge on any atom is 0.222 e. The third kappa shape index (κ3) is 5.08. The van der Waals surface area contributed by atoms with Crippen molar-refractivity contribution in [2.45, 2.75) is 84.9 Å². The van der Waals surface area contributed by atoms with E-state index >= 15 is 0 Å². The van der Waals surface area contributed by atoms with E-state index in [0.29, 0.717) is 17.7 Å². The van der Waals surface area contributed by atoms with Gasteiger partial charge in [-0.05, 0) is 66.7 Å². The fourth-order valence-electron chi connectivity index (χ4n) is 4.09. The molecule has 3 heterocycles. The molecule has 5 nitrogen and oxygen atoms in total. The topological polar surface area (TPSA) is 49.2 Å². The van der Waals surface area contributed by atoms with Crippen LogP contribution in [-0.4, -0.2) is 36.6 Å². The van der Waals surface area contributed by atoms with Crippen LogP contribution in [0.15, 0.2) is 24.4 Å². The van der Waals surface area contributed by atoms with Crippen molar-refractivity contribution in [3.8, 4) is 17.1 Å². The Labute approximate surface area is 207 Å². The average Bonchev–Trinajstić information content (AvgIpc) is 3.07. The van der Waals surface area contributed by atoms with Crippen LogP contribution in [0.25, 0.3) is 22.3 Å². The molecule has 186 valence electrons. The molecule has 0 radical (unpaired) electrons. The lowest BCUT2D eigenvalue weighted by molar-refractivity contribution is 0.260. The number of nitrogens with zero attached hydrogens (tertiary/aromatic N) is 3. The maximum atomic E-state index is 6.63. The number of rotatable bonds is 8. The van der Waals surface area contributed by atoms with Gasteiger partial charge in [-0.3, -0.25) is 0 Å². The summed E-state index contributed by atoms with van der Waals surface area (Å²) >= 11 is 0. The predicted molar refractivity (Wildman–Crippen MR) is 146 cm³/mol. The highest BCUT2D eigenvalue weighted by molar-refractivity contribution is 6.74. The van der Waals surface area contributed by atoms with Crippen LogP contribution in [0.4, 0.5) is 0 Å². The Morgan fingerprint density at radius 2 is 1.79 bits per heavy atom. The Hall–Kier alpha value is -2.18. The van der Waals surface area contributed by atoms with Crippen molar-refractivity contribution >= 4 is 19.4 Å². The van der Waals surface area contributed by atoms with E-state index in [2.05, 4.69) is 97.6 Å². The molecule has 6 heteroatoms. The van der Waals surface area contributed by atoms with Crippen molar-refractivity contribution in [1.82, 2.24) is 14.5 Å². The van der Waals surface area contributed by atoms with Gasteiger partial charge in [-0.2, -0.15) is 0 Å². The van der Waals surface area contributed by atoms with Crippen molar-refractivity contribution in [1.29, 1.82) is 0 Å². The molecular weight excluding hydrogens is 438 g/mol. The zero-order valence-corrected chi connectivity index (χ0v) is 24.0. The fraction of sp³-hybridized carbons (Fsp3) is 0.571. The van der Waals surface area contributed by atoms with Crippen LogP contribution < -0.4 is 4.74 Å². The number of pyridine rings is 2. The summed E-state index contributed by atoms with van der Waals surface area (Å²) in [5.41, 5.74) is 6.30. The highest BCUT2D eigenvalue weighted by atomic mass is 28.4. The van der Waals surface area contributed by atoms with Crippen LogP contribution >= 0.6 is 0 Å². The first-order chi connectivity index (χ1) is 15.8. The first-order valence-corrected chi connectivity index (χ1v) is 15.4. The van der Waals surface area contributed by atoms with Gasteiger partial charge in [0.05, 0.1) is 18.4 Å². The molecule has 3 rings (SSSR count). The number of hydrogen-bond acceptors (Lipinski definition) is 4. The van der Waals surface area contributed by atoms with Gasteiger partial charge in [0.2, 0.25) is 5.88 Å². The van der Waals surface area contributed by atoms with Gasteiger partial charge in [-0.25, -0.2) is 9.97 Å². The Kier molecular flexibility index (Phi) is 7.63. The number of aryl methyl sites for hydroxylation is 2.